The van der Waals surface area contributed by atoms with Crippen LogP contribution in [0, 0.1) is 34.6 Å². The van der Waals surface area contributed by atoms with Crippen molar-refractivity contribution in [3.8, 4) is 5.75 Å². The average Bonchev–Trinajstić information content (AvgIpc) is 0.839. The monoisotopic (exact) mass is 1670 g/mol. The zero-order valence-corrected chi connectivity index (χ0v) is 72.3. The van der Waals surface area contributed by atoms with Crippen LogP contribution in [0.5, 0.6) is 5.75 Å². The Labute approximate surface area is 736 Å². The molecule has 0 aliphatic carbocycles. The fourth-order valence-corrected chi connectivity index (χ4v) is 14.0. The number of nitrogens with one attached hydrogen (secondary N) is 4. The summed E-state index contributed by atoms with van der Waals surface area (Å²) in [7, 11) is 1.67. The van der Waals surface area contributed by atoms with Crippen molar-refractivity contribution in [2.45, 2.75) is 113 Å². The zero-order valence-electron chi connectivity index (χ0n) is 71.6. The molecule has 5 N–H and O–H groups in total. The molecule has 20 nitrogen and oxygen atoms in total. The number of rotatable bonds is 29. The van der Waals surface area contributed by atoms with Gasteiger partial charge in [0.15, 0.2) is 0 Å². The Balaban J connectivity index is 0.000000143. The normalized spacial score (nSPS) is 10.7. The van der Waals surface area contributed by atoms with E-state index in [1.165, 1.54) is 44.5 Å². The first kappa shape index (κ1) is 88.2. The summed E-state index contributed by atoms with van der Waals surface area (Å²) in [6.45, 7) is 14.7. The minimum atomic E-state index is -0.338. The number of carbonyl (C=O) groups excluding carboxylic acids is 1. The molecule has 12 aromatic carbocycles. The molecule has 0 saturated carbocycles. The van der Waals surface area contributed by atoms with Crippen LogP contribution >= 0.6 is 11.6 Å². The van der Waals surface area contributed by atoms with E-state index in [4.69, 9.17) is 46.0 Å². The topological polar surface area (TPSA) is 259 Å². The number of esters is 1. The van der Waals surface area contributed by atoms with E-state index in [0.29, 0.717) is 110 Å². The van der Waals surface area contributed by atoms with Crippen LogP contribution in [0.3, 0.4) is 0 Å². The predicted molar refractivity (Wildman–Crippen MR) is 499 cm³/mol. The number of methoxy groups -OCH3 is 1. The Morgan fingerprint density at radius 3 is 1.10 bits per heavy atom. The molecule has 628 valence electrons. The van der Waals surface area contributed by atoms with E-state index in [-0.39, 0.29) is 12.6 Å². The van der Waals surface area contributed by atoms with Crippen molar-refractivity contribution in [1.29, 1.82) is 0 Å². The van der Waals surface area contributed by atoms with Crippen LogP contribution in [0.25, 0.3) is 0 Å². The summed E-state index contributed by atoms with van der Waals surface area (Å²) in [4.78, 5) is 68.3. The Bertz CT molecular complexity index is 6210. The molecular weight excluding hydrogens is 1570 g/mol. The lowest BCUT2D eigenvalue weighted by molar-refractivity contribution is 0.0526. The predicted octanol–water partition coefficient (Wildman–Crippen LogP) is 21.6. The number of aromatic nitrogens is 12. The molecule has 0 radical (unpaired) electrons. The Hall–Kier alpha value is -14.6. The van der Waals surface area contributed by atoms with Gasteiger partial charge in [-0.1, -0.05) is 277 Å². The molecule has 4 heterocycles. The van der Waals surface area contributed by atoms with Crippen molar-refractivity contribution < 1.29 is 19.4 Å². The van der Waals surface area contributed by atoms with Gasteiger partial charge in [0.05, 0.1) is 36.6 Å². The van der Waals surface area contributed by atoms with Gasteiger partial charge in [-0.15, -0.1) is 0 Å². The maximum atomic E-state index is 11.9. The van der Waals surface area contributed by atoms with Gasteiger partial charge in [-0.3, -0.25) is 0 Å². The third-order valence-corrected chi connectivity index (χ3v) is 20.4. The van der Waals surface area contributed by atoms with Crippen LogP contribution in [0.1, 0.15) is 154 Å². The van der Waals surface area contributed by atoms with Crippen LogP contribution in [0.2, 0.25) is 5.02 Å². The minimum absolute atomic E-state index is 0.0390. The van der Waals surface area contributed by atoms with Crippen molar-refractivity contribution in [3.05, 3.63) is 444 Å². The molecule has 0 unspecified atom stereocenters. The second kappa shape index (κ2) is 44.8. The number of hydrogen-bond acceptors (Lipinski definition) is 20. The third kappa shape index (κ3) is 27.7. The number of ether oxygens (including phenoxy) is 2. The number of halogens is 1. The summed E-state index contributed by atoms with van der Waals surface area (Å²) in [5.41, 5.74) is 21.4. The van der Waals surface area contributed by atoms with Gasteiger partial charge < -0.3 is 35.8 Å². The number of hydrogen-bond donors (Lipinski definition) is 5. The highest BCUT2D eigenvalue weighted by Crippen LogP contribution is 2.28. The maximum absolute atomic E-state index is 11.9. The first-order valence-corrected chi connectivity index (χ1v) is 42.1. The number of anilines is 8. The summed E-state index contributed by atoms with van der Waals surface area (Å²) >= 11 is 6.34. The smallest absolute Gasteiger partial charge is 0.338 e. The number of nitrogens with zero attached hydrogens (tertiary/aromatic N) is 12. The Morgan fingerprint density at radius 2 is 0.672 bits per heavy atom. The van der Waals surface area contributed by atoms with E-state index >= 15 is 0 Å². The lowest BCUT2D eigenvalue weighted by atomic mass is 10.0. The first-order chi connectivity index (χ1) is 60.9. The van der Waals surface area contributed by atoms with E-state index in [2.05, 4.69) is 237 Å². The zero-order chi connectivity index (χ0) is 87.1. The van der Waals surface area contributed by atoms with Gasteiger partial charge in [0.1, 0.15) is 52.3 Å². The van der Waals surface area contributed by atoms with Crippen molar-refractivity contribution >= 4 is 64.1 Å². The molecule has 125 heavy (non-hydrogen) atoms. The van der Waals surface area contributed by atoms with Crippen LogP contribution in [-0.2, 0) is 69.1 Å². The fraction of sp³-hybridized carbons (Fsp3) is 0.183. The second-order valence-electron chi connectivity index (χ2n) is 30.2. The quantitative estimate of drug-likeness (QED) is 0.0273. The second-order valence-corrected chi connectivity index (χ2v) is 30.6. The molecule has 0 aliphatic rings. The Morgan fingerprint density at radius 1 is 0.320 bits per heavy atom. The third-order valence-electron chi connectivity index (χ3n) is 20.0. The van der Waals surface area contributed by atoms with Crippen molar-refractivity contribution in [2.75, 3.05) is 35.0 Å². The minimum Gasteiger partial charge on any atom is -0.497 e. The van der Waals surface area contributed by atoms with Crippen LogP contribution in [0.15, 0.2) is 303 Å². The highest BCUT2D eigenvalue weighted by atomic mass is 35.5. The lowest BCUT2D eigenvalue weighted by Gasteiger charge is -2.12. The number of para-hydroxylation sites is 2. The highest BCUT2D eigenvalue weighted by Gasteiger charge is 2.18. The van der Waals surface area contributed by atoms with E-state index in [1.807, 2.05) is 152 Å². The molecule has 16 rings (SSSR count). The molecule has 0 amide bonds. The van der Waals surface area contributed by atoms with Crippen molar-refractivity contribution in [3.63, 3.8) is 0 Å². The summed E-state index contributed by atoms with van der Waals surface area (Å²) in [6, 6.07) is 101. The van der Waals surface area contributed by atoms with Gasteiger partial charge in [0.2, 0.25) is 23.8 Å². The van der Waals surface area contributed by atoms with Gasteiger partial charge in [-0.2, -0.15) is 39.9 Å². The number of carbonyl (C=O) groups is 1. The first-order valence-electron chi connectivity index (χ1n) is 41.8. The number of aliphatic hydroxyl groups is 1. The molecular formula is C104H101ClN16O4. The lowest BCUT2D eigenvalue weighted by Crippen LogP contribution is -2.09. The summed E-state index contributed by atoms with van der Waals surface area (Å²) in [5, 5.41) is 23.1. The van der Waals surface area contributed by atoms with Gasteiger partial charge in [-0.25, -0.2) is 24.7 Å². The van der Waals surface area contributed by atoms with Crippen molar-refractivity contribution in [2.24, 2.45) is 0 Å². The average molecular weight is 1670 g/mol. The standard InChI is InChI=1S/C27H26N4O2.C26H25ClN4.C26H26N4O.C25H24N4O/c1-3-33-26(32)22-12-14-23(15-13-22)28-27-30-24(17-20-9-5-4-6-10-20)29-25(31-27)18-21-11-7-8-19(2)16-21;1-3-20-11-4-5-12-21(20)17-25-29-24(16-19-10-8-9-18(2)15-19)30-26(31-25)28-23-14-7-6-13-22(23)27;1-18-6-12-23(13-7-18)27-26-29-24(15-20-8-10-21(17-31)11-9-20)28-25(30-26)16-22-5-3-4-19(2)14-22;1-18-9-6-7-14-22(18)26-25-28-23(16-19-10-4-3-5-11-19)27-24(29-25)17-20-12-8-13-21(15-20)30-2/h4-16H,3,17-18H2,1-2H3,(H,28,29,30,31);4-15H,3,16-17H2,1-2H3,(H,28,29,30,31);3-14,31H,15-17H2,1-2H3,(H,27,28,29,30);3-15H,16-17H2,1-2H3,(H,26,27,28,29). The largest absolute Gasteiger partial charge is 0.497 e. The summed E-state index contributed by atoms with van der Waals surface area (Å²) in [5.74, 6) is 8.36. The van der Waals surface area contributed by atoms with Gasteiger partial charge in [0, 0.05) is 68.4 Å². The number of aliphatic hydroxyl groups excluding tert-OH is 1. The molecule has 16 aromatic rings. The molecule has 0 bridgehead atoms. The van der Waals surface area contributed by atoms with Crippen LogP contribution in [0.4, 0.5) is 46.5 Å². The maximum Gasteiger partial charge on any atom is 0.338 e. The van der Waals surface area contributed by atoms with E-state index in [0.717, 1.165) is 103 Å². The van der Waals surface area contributed by atoms with E-state index in [9.17, 15) is 9.90 Å². The molecule has 0 spiro atoms. The molecule has 0 fully saturated rings. The van der Waals surface area contributed by atoms with Crippen molar-refractivity contribution in [1.82, 2.24) is 59.8 Å². The number of aryl methyl sites for hydroxylation is 6. The van der Waals surface area contributed by atoms with Crippen LogP contribution in [-0.4, -0.2) is 84.6 Å². The SMILES string of the molecule is CCOC(=O)c1ccc(Nc2nc(Cc3ccccc3)nc(Cc3cccc(C)c3)n2)cc1.CCc1ccccc1Cc1nc(Cc2cccc(C)c2)nc(Nc2ccccc2Cl)n1.COc1cccc(Cc2nc(Cc3ccccc3)nc(Nc3ccccc3C)n2)c1.Cc1ccc(Nc2nc(Cc3ccc(CO)cc3)nc(Cc3cccc(C)c3)n2)cc1. The van der Waals surface area contributed by atoms with E-state index < -0.39 is 0 Å². The number of benzene rings is 12. The molecule has 4 aromatic heterocycles. The van der Waals surface area contributed by atoms with Crippen LogP contribution < -0.4 is 26.0 Å². The summed E-state index contributed by atoms with van der Waals surface area (Å²) < 4.78 is 10.4. The molecule has 0 aliphatic heterocycles. The van der Waals surface area contributed by atoms with Gasteiger partial charge >= 0.3 is 5.97 Å². The fourth-order valence-electron chi connectivity index (χ4n) is 13.8. The Kier molecular flexibility index (Phi) is 31.6. The summed E-state index contributed by atoms with van der Waals surface area (Å²) in [6.07, 6.45) is 5.99. The van der Waals surface area contributed by atoms with Gasteiger partial charge in [0.25, 0.3) is 0 Å². The van der Waals surface area contributed by atoms with Gasteiger partial charge in [-0.05, 0) is 176 Å². The molecule has 21 heteroatoms. The highest BCUT2D eigenvalue weighted by molar-refractivity contribution is 6.33. The molecule has 0 atom stereocenters. The molecule has 0 saturated heterocycles. The van der Waals surface area contributed by atoms with E-state index in [1.54, 1.807) is 26.2 Å².